The first-order chi connectivity index (χ1) is 8.10. The second-order valence-electron chi connectivity index (χ2n) is 3.92. The maximum Gasteiger partial charge on any atom is 0.165 e. The Morgan fingerprint density at radius 1 is 1.53 bits per heavy atom. The van der Waals surface area contributed by atoms with Crippen LogP contribution in [0.15, 0.2) is 18.2 Å². The van der Waals surface area contributed by atoms with Gasteiger partial charge in [0.1, 0.15) is 5.75 Å². The molecule has 0 spiro atoms. The van der Waals surface area contributed by atoms with Crippen molar-refractivity contribution in [3.63, 3.8) is 0 Å². The highest BCUT2D eigenvalue weighted by atomic mass is 35.5. The summed E-state index contributed by atoms with van der Waals surface area (Å²) in [6, 6.07) is 5.13. The molecule has 0 radical (unpaired) electrons. The minimum absolute atomic E-state index is 0.0698. The molecule has 0 bridgehead atoms. The zero-order chi connectivity index (χ0) is 12.8. The minimum Gasteiger partial charge on any atom is -0.492 e. The fourth-order valence-electron chi connectivity index (χ4n) is 1.59. The van der Waals surface area contributed by atoms with Crippen LogP contribution in [-0.4, -0.2) is 18.9 Å². The summed E-state index contributed by atoms with van der Waals surface area (Å²) in [5, 5.41) is 0.470. The lowest BCUT2D eigenvalue weighted by Gasteiger charge is -2.11. The SMILES string of the molecule is CCOc1ccc(C(=O)C(C)CCN)cc1Cl. The van der Waals surface area contributed by atoms with Gasteiger partial charge in [0.25, 0.3) is 0 Å². The Hall–Kier alpha value is -1.06. The van der Waals surface area contributed by atoms with E-state index in [9.17, 15) is 4.79 Å². The molecule has 1 atom stereocenters. The summed E-state index contributed by atoms with van der Waals surface area (Å²) in [6.45, 7) is 4.83. The predicted octanol–water partition coefficient (Wildman–Crippen LogP) is 2.91. The van der Waals surface area contributed by atoms with Crippen LogP contribution >= 0.6 is 11.6 Å². The summed E-state index contributed by atoms with van der Waals surface area (Å²) in [5.74, 6) is 0.603. The molecule has 17 heavy (non-hydrogen) atoms. The van der Waals surface area contributed by atoms with Gasteiger partial charge in [-0.05, 0) is 38.1 Å². The van der Waals surface area contributed by atoms with Crippen LogP contribution in [0.25, 0.3) is 0 Å². The third kappa shape index (κ3) is 3.72. The lowest BCUT2D eigenvalue weighted by atomic mass is 9.96. The number of carbonyl (C=O) groups is 1. The number of nitrogens with two attached hydrogens (primary N) is 1. The molecule has 0 aliphatic heterocycles. The summed E-state index contributed by atoms with van der Waals surface area (Å²) in [5.41, 5.74) is 6.05. The molecule has 0 aromatic heterocycles. The van der Waals surface area contributed by atoms with Gasteiger partial charge in [0.15, 0.2) is 5.78 Å². The van der Waals surface area contributed by atoms with Gasteiger partial charge in [0, 0.05) is 11.5 Å². The number of rotatable bonds is 6. The molecule has 0 saturated heterocycles. The maximum absolute atomic E-state index is 12.0. The van der Waals surface area contributed by atoms with Crippen molar-refractivity contribution in [2.75, 3.05) is 13.2 Å². The lowest BCUT2D eigenvalue weighted by Crippen LogP contribution is -2.15. The lowest BCUT2D eigenvalue weighted by molar-refractivity contribution is 0.0925. The van der Waals surface area contributed by atoms with E-state index >= 15 is 0 Å². The average molecular weight is 256 g/mol. The number of benzene rings is 1. The Labute approximate surface area is 107 Å². The first-order valence-corrected chi connectivity index (χ1v) is 6.14. The van der Waals surface area contributed by atoms with Gasteiger partial charge >= 0.3 is 0 Å². The van der Waals surface area contributed by atoms with Crippen molar-refractivity contribution >= 4 is 17.4 Å². The zero-order valence-electron chi connectivity index (χ0n) is 10.2. The number of halogens is 1. The molecule has 0 aliphatic rings. The van der Waals surface area contributed by atoms with Gasteiger partial charge in [0.05, 0.1) is 11.6 Å². The topological polar surface area (TPSA) is 52.3 Å². The Kier molecular flexibility index (Phi) is 5.45. The van der Waals surface area contributed by atoms with Crippen LogP contribution in [0.4, 0.5) is 0 Å². The van der Waals surface area contributed by atoms with E-state index in [-0.39, 0.29) is 11.7 Å². The summed E-state index contributed by atoms with van der Waals surface area (Å²) in [7, 11) is 0. The molecule has 4 heteroatoms. The first kappa shape index (κ1) is 14.0. The molecule has 0 aliphatic carbocycles. The van der Waals surface area contributed by atoms with E-state index < -0.39 is 0 Å². The molecule has 2 N–H and O–H groups in total. The highest BCUT2D eigenvalue weighted by molar-refractivity contribution is 6.32. The molecule has 1 aromatic carbocycles. The monoisotopic (exact) mass is 255 g/mol. The van der Waals surface area contributed by atoms with E-state index in [2.05, 4.69) is 0 Å². The van der Waals surface area contributed by atoms with Crippen LogP contribution in [-0.2, 0) is 0 Å². The number of Topliss-reactive ketones (excluding diaryl/α,β-unsaturated/α-hetero) is 1. The van der Waals surface area contributed by atoms with E-state index in [1.807, 2.05) is 13.8 Å². The van der Waals surface area contributed by atoms with Crippen LogP contribution < -0.4 is 10.5 Å². The molecule has 1 aromatic rings. The van der Waals surface area contributed by atoms with E-state index in [0.29, 0.717) is 35.9 Å². The van der Waals surface area contributed by atoms with E-state index in [1.165, 1.54) is 0 Å². The fraction of sp³-hybridized carbons (Fsp3) is 0.462. The van der Waals surface area contributed by atoms with Crippen LogP contribution in [0.3, 0.4) is 0 Å². The molecular formula is C13H18ClNO2. The number of ether oxygens (including phenoxy) is 1. The van der Waals surface area contributed by atoms with Gasteiger partial charge in [-0.2, -0.15) is 0 Å². The smallest absolute Gasteiger partial charge is 0.165 e. The summed E-state index contributed by atoms with van der Waals surface area (Å²) >= 11 is 6.03. The van der Waals surface area contributed by atoms with Crippen molar-refractivity contribution in [3.8, 4) is 5.75 Å². The maximum atomic E-state index is 12.0. The second kappa shape index (κ2) is 6.62. The average Bonchev–Trinajstić information content (AvgIpc) is 2.31. The molecule has 0 fully saturated rings. The molecule has 3 nitrogen and oxygen atoms in total. The van der Waals surface area contributed by atoms with Crippen molar-refractivity contribution < 1.29 is 9.53 Å². The molecular weight excluding hydrogens is 238 g/mol. The molecule has 0 heterocycles. The van der Waals surface area contributed by atoms with E-state index in [4.69, 9.17) is 22.1 Å². The van der Waals surface area contributed by atoms with Crippen molar-refractivity contribution in [3.05, 3.63) is 28.8 Å². The third-order valence-corrected chi connectivity index (χ3v) is 2.86. The number of carbonyl (C=O) groups excluding carboxylic acids is 1. The quantitative estimate of drug-likeness (QED) is 0.796. The molecule has 0 amide bonds. The number of ketones is 1. The summed E-state index contributed by atoms with van der Waals surface area (Å²) in [6.07, 6.45) is 0.684. The van der Waals surface area contributed by atoms with Crippen molar-refractivity contribution in [1.82, 2.24) is 0 Å². The van der Waals surface area contributed by atoms with Gasteiger partial charge < -0.3 is 10.5 Å². The predicted molar refractivity (Wildman–Crippen MR) is 69.8 cm³/mol. The standard InChI is InChI=1S/C13H18ClNO2/c1-3-17-12-5-4-10(8-11(12)14)13(16)9(2)6-7-15/h4-5,8-9H,3,6-7,15H2,1-2H3. The minimum atomic E-state index is -0.0750. The zero-order valence-corrected chi connectivity index (χ0v) is 11.0. The number of hydrogen-bond donors (Lipinski definition) is 1. The first-order valence-electron chi connectivity index (χ1n) is 5.76. The Balaban J connectivity index is 2.85. The Morgan fingerprint density at radius 3 is 2.76 bits per heavy atom. The van der Waals surface area contributed by atoms with Crippen molar-refractivity contribution in [2.45, 2.75) is 20.3 Å². The summed E-state index contributed by atoms with van der Waals surface area (Å²) in [4.78, 5) is 12.0. The van der Waals surface area contributed by atoms with E-state index in [1.54, 1.807) is 18.2 Å². The fourth-order valence-corrected chi connectivity index (χ4v) is 1.83. The van der Waals surface area contributed by atoms with Gasteiger partial charge in [-0.3, -0.25) is 4.79 Å². The number of hydrogen-bond acceptors (Lipinski definition) is 3. The van der Waals surface area contributed by atoms with E-state index in [0.717, 1.165) is 0 Å². The normalized spacial score (nSPS) is 12.2. The van der Waals surface area contributed by atoms with Crippen LogP contribution in [0, 0.1) is 5.92 Å². The van der Waals surface area contributed by atoms with Crippen LogP contribution in [0.1, 0.15) is 30.6 Å². The van der Waals surface area contributed by atoms with Crippen molar-refractivity contribution in [1.29, 1.82) is 0 Å². The molecule has 94 valence electrons. The Bertz CT molecular complexity index is 393. The third-order valence-electron chi connectivity index (χ3n) is 2.56. The molecule has 1 unspecified atom stereocenters. The molecule has 0 saturated carbocycles. The van der Waals surface area contributed by atoms with Crippen LogP contribution in [0.5, 0.6) is 5.75 Å². The summed E-state index contributed by atoms with van der Waals surface area (Å²) < 4.78 is 5.32. The highest BCUT2D eigenvalue weighted by Crippen LogP contribution is 2.26. The second-order valence-corrected chi connectivity index (χ2v) is 4.33. The van der Waals surface area contributed by atoms with Crippen LogP contribution in [0.2, 0.25) is 5.02 Å². The van der Waals surface area contributed by atoms with Gasteiger partial charge in [-0.15, -0.1) is 0 Å². The largest absolute Gasteiger partial charge is 0.492 e. The van der Waals surface area contributed by atoms with Crippen molar-refractivity contribution in [2.24, 2.45) is 11.7 Å². The van der Waals surface area contributed by atoms with Gasteiger partial charge in [-0.25, -0.2) is 0 Å². The highest BCUT2D eigenvalue weighted by Gasteiger charge is 2.15. The Morgan fingerprint density at radius 2 is 2.24 bits per heavy atom. The van der Waals surface area contributed by atoms with Gasteiger partial charge in [0.2, 0.25) is 0 Å². The van der Waals surface area contributed by atoms with Gasteiger partial charge in [-0.1, -0.05) is 18.5 Å². The molecule has 1 rings (SSSR count).